The highest BCUT2D eigenvalue weighted by Gasteiger charge is 2.13. The zero-order valence-electron chi connectivity index (χ0n) is 12.7. The van der Waals surface area contributed by atoms with E-state index in [2.05, 4.69) is 22.4 Å². The molecule has 0 aliphatic heterocycles. The van der Waals surface area contributed by atoms with E-state index in [1.165, 1.54) is 12.1 Å². The highest BCUT2D eigenvalue weighted by molar-refractivity contribution is 7.99. The van der Waals surface area contributed by atoms with Crippen LogP contribution < -0.4 is 5.32 Å². The molecule has 0 radical (unpaired) electrons. The van der Waals surface area contributed by atoms with Gasteiger partial charge in [-0.2, -0.15) is 0 Å². The molecule has 23 heavy (non-hydrogen) atoms. The molecule has 0 bridgehead atoms. The predicted molar refractivity (Wildman–Crippen MR) is 91.5 cm³/mol. The van der Waals surface area contributed by atoms with Crippen LogP contribution in [0.1, 0.15) is 12.7 Å². The monoisotopic (exact) mass is 328 g/mol. The first-order chi connectivity index (χ1) is 11.3. The second kappa shape index (κ2) is 7.28. The van der Waals surface area contributed by atoms with Gasteiger partial charge in [-0.1, -0.05) is 36.9 Å². The Hall–Kier alpha value is -2.34. The molecule has 0 unspecified atom stereocenters. The first-order valence-electron chi connectivity index (χ1n) is 7.40. The minimum atomic E-state index is -0.246. The van der Waals surface area contributed by atoms with Gasteiger partial charge in [-0.3, -0.25) is 4.57 Å². The average Bonchev–Trinajstić information content (AvgIpc) is 2.98. The molecule has 0 fully saturated rings. The van der Waals surface area contributed by atoms with Crippen molar-refractivity contribution in [1.29, 1.82) is 0 Å². The number of rotatable bonds is 6. The van der Waals surface area contributed by atoms with E-state index in [9.17, 15) is 4.39 Å². The van der Waals surface area contributed by atoms with Crippen LogP contribution in [0.3, 0.4) is 0 Å². The number of benzene rings is 2. The highest BCUT2D eigenvalue weighted by atomic mass is 32.2. The molecule has 1 N–H and O–H groups in total. The number of hydrogen-bond donors (Lipinski definition) is 1. The summed E-state index contributed by atoms with van der Waals surface area (Å²) in [5.41, 5.74) is 1.88. The quantitative estimate of drug-likeness (QED) is 0.691. The molecule has 0 atom stereocenters. The van der Waals surface area contributed by atoms with Crippen molar-refractivity contribution in [3.05, 3.63) is 66.2 Å². The third-order valence-electron chi connectivity index (χ3n) is 3.28. The van der Waals surface area contributed by atoms with Crippen LogP contribution in [0, 0.1) is 5.82 Å². The van der Waals surface area contributed by atoms with Gasteiger partial charge in [0.15, 0.2) is 11.0 Å². The summed E-state index contributed by atoms with van der Waals surface area (Å²) in [5, 5.41) is 12.7. The molecule has 6 heteroatoms. The molecule has 0 spiro atoms. The molecule has 2 aromatic carbocycles. The lowest BCUT2D eigenvalue weighted by molar-refractivity contribution is 0.628. The summed E-state index contributed by atoms with van der Waals surface area (Å²) in [6.45, 7) is 2.60. The minimum absolute atomic E-state index is 0.246. The Morgan fingerprint density at radius 1 is 1.04 bits per heavy atom. The molecule has 1 heterocycles. The lowest BCUT2D eigenvalue weighted by Gasteiger charge is -2.11. The molecule has 0 amide bonds. The summed E-state index contributed by atoms with van der Waals surface area (Å²) in [7, 11) is 0. The second-order valence-electron chi connectivity index (χ2n) is 4.86. The van der Waals surface area contributed by atoms with Gasteiger partial charge in [0.1, 0.15) is 5.82 Å². The Morgan fingerprint density at radius 3 is 2.48 bits per heavy atom. The standard InChI is InChI=1S/C17H17FN4S/c1-2-23-17-21-20-16(22(17)15-6-4-3-5-7-15)12-19-14-10-8-13(18)9-11-14/h3-11,19H,2,12H2,1H3. The molecule has 3 aromatic rings. The van der Waals surface area contributed by atoms with Crippen molar-refractivity contribution in [3.8, 4) is 5.69 Å². The van der Waals surface area contributed by atoms with Gasteiger partial charge in [0.2, 0.25) is 0 Å². The summed E-state index contributed by atoms with van der Waals surface area (Å²) in [6, 6.07) is 16.3. The number of nitrogens with zero attached hydrogens (tertiary/aromatic N) is 3. The fraction of sp³-hybridized carbons (Fsp3) is 0.176. The van der Waals surface area contributed by atoms with Crippen molar-refractivity contribution < 1.29 is 4.39 Å². The molecule has 0 aliphatic rings. The molecule has 0 saturated carbocycles. The molecule has 1 aromatic heterocycles. The van der Waals surface area contributed by atoms with Crippen LogP contribution in [0.4, 0.5) is 10.1 Å². The van der Waals surface area contributed by atoms with Crippen molar-refractivity contribution >= 4 is 17.4 Å². The van der Waals surface area contributed by atoms with Gasteiger partial charge in [0.05, 0.1) is 6.54 Å². The SMILES string of the molecule is CCSc1nnc(CNc2ccc(F)cc2)n1-c1ccccc1. The predicted octanol–water partition coefficient (Wildman–Crippen LogP) is 4.13. The molecular weight excluding hydrogens is 311 g/mol. The fourth-order valence-electron chi connectivity index (χ4n) is 2.22. The van der Waals surface area contributed by atoms with Gasteiger partial charge in [0.25, 0.3) is 0 Å². The van der Waals surface area contributed by atoms with Gasteiger partial charge in [-0.25, -0.2) is 4.39 Å². The number of halogens is 1. The Bertz CT molecular complexity index is 756. The van der Waals surface area contributed by atoms with Crippen molar-refractivity contribution in [1.82, 2.24) is 14.8 Å². The van der Waals surface area contributed by atoms with E-state index in [4.69, 9.17) is 0 Å². The molecule has 3 rings (SSSR count). The maximum absolute atomic E-state index is 13.0. The van der Waals surface area contributed by atoms with E-state index >= 15 is 0 Å². The van der Waals surface area contributed by atoms with E-state index in [1.54, 1.807) is 23.9 Å². The highest BCUT2D eigenvalue weighted by Crippen LogP contribution is 2.22. The van der Waals surface area contributed by atoms with Gasteiger partial charge in [-0.05, 0) is 42.2 Å². The normalized spacial score (nSPS) is 10.7. The first kappa shape index (κ1) is 15.6. The van der Waals surface area contributed by atoms with Crippen LogP contribution in [0.15, 0.2) is 59.8 Å². The summed E-state index contributed by atoms with van der Waals surface area (Å²) in [6.07, 6.45) is 0. The van der Waals surface area contributed by atoms with E-state index in [-0.39, 0.29) is 5.82 Å². The number of para-hydroxylation sites is 1. The van der Waals surface area contributed by atoms with Crippen LogP contribution in [0.25, 0.3) is 5.69 Å². The second-order valence-corrected chi connectivity index (χ2v) is 6.09. The van der Waals surface area contributed by atoms with Crippen LogP contribution in [0.5, 0.6) is 0 Å². The molecule has 0 saturated heterocycles. The fourth-order valence-corrected chi connectivity index (χ4v) is 2.92. The zero-order chi connectivity index (χ0) is 16.1. The number of anilines is 1. The largest absolute Gasteiger partial charge is 0.378 e. The minimum Gasteiger partial charge on any atom is -0.378 e. The average molecular weight is 328 g/mol. The summed E-state index contributed by atoms with van der Waals surface area (Å²) >= 11 is 1.65. The van der Waals surface area contributed by atoms with Gasteiger partial charge in [0, 0.05) is 11.4 Å². The van der Waals surface area contributed by atoms with Gasteiger partial charge < -0.3 is 5.32 Å². The topological polar surface area (TPSA) is 42.7 Å². The Morgan fingerprint density at radius 2 is 1.78 bits per heavy atom. The smallest absolute Gasteiger partial charge is 0.195 e. The zero-order valence-corrected chi connectivity index (χ0v) is 13.6. The van der Waals surface area contributed by atoms with Crippen LogP contribution in [-0.4, -0.2) is 20.5 Å². The molecule has 0 aliphatic carbocycles. The third-order valence-corrected chi connectivity index (χ3v) is 4.09. The van der Waals surface area contributed by atoms with E-state index in [0.717, 1.165) is 28.1 Å². The van der Waals surface area contributed by atoms with Crippen molar-refractivity contribution in [2.24, 2.45) is 0 Å². The van der Waals surface area contributed by atoms with E-state index < -0.39 is 0 Å². The van der Waals surface area contributed by atoms with Crippen LogP contribution >= 0.6 is 11.8 Å². The Kier molecular flexibility index (Phi) is 4.92. The Balaban J connectivity index is 1.85. The lowest BCUT2D eigenvalue weighted by Crippen LogP contribution is -2.08. The number of thioether (sulfide) groups is 1. The van der Waals surface area contributed by atoms with Gasteiger partial charge >= 0.3 is 0 Å². The van der Waals surface area contributed by atoms with Crippen LogP contribution in [-0.2, 0) is 6.54 Å². The molecule has 118 valence electrons. The van der Waals surface area contributed by atoms with E-state index in [0.29, 0.717) is 6.54 Å². The van der Waals surface area contributed by atoms with Crippen LogP contribution in [0.2, 0.25) is 0 Å². The van der Waals surface area contributed by atoms with Crippen molar-refractivity contribution in [2.75, 3.05) is 11.1 Å². The molecule has 4 nitrogen and oxygen atoms in total. The number of aromatic nitrogens is 3. The summed E-state index contributed by atoms with van der Waals surface area (Å²) < 4.78 is 15.0. The number of hydrogen-bond acceptors (Lipinski definition) is 4. The lowest BCUT2D eigenvalue weighted by atomic mass is 10.3. The third kappa shape index (κ3) is 3.71. The maximum atomic E-state index is 13.0. The van der Waals surface area contributed by atoms with Crippen molar-refractivity contribution in [2.45, 2.75) is 18.6 Å². The first-order valence-corrected chi connectivity index (χ1v) is 8.38. The Labute approximate surface area is 138 Å². The van der Waals surface area contributed by atoms with Gasteiger partial charge in [-0.15, -0.1) is 10.2 Å². The van der Waals surface area contributed by atoms with E-state index in [1.807, 2.05) is 34.9 Å². The maximum Gasteiger partial charge on any atom is 0.195 e. The summed E-state index contributed by atoms with van der Waals surface area (Å²) in [4.78, 5) is 0. The van der Waals surface area contributed by atoms with Crippen molar-refractivity contribution in [3.63, 3.8) is 0 Å². The number of nitrogens with one attached hydrogen (secondary N) is 1. The summed E-state index contributed by atoms with van der Waals surface area (Å²) in [5.74, 6) is 1.50. The molecular formula is C17H17FN4S.